The molecule has 106 valence electrons. The molecule has 3 N–H and O–H groups in total. The predicted octanol–water partition coefficient (Wildman–Crippen LogP) is 2.73. The summed E-state index contributed by atoms with van der Waals surface area (Å²) >= 11 is 0. The minimum Gasteiger partial charge on any atom is -0.352 e. The molecule has 1 rings (SSSR count). The largest absolute Gasteiger partial charge is 0.352 e. The van der Waals surface area contributed by atoms with Crippen LogP contribution in [0.1, 0.15) is 50.7 Å². The van der Waals surface area contributed by atoms with E-state index in [9.17, 15) is 4.79 Å². The topological polar surface area (TPSA) is 55.1 Å². The molecule has 0 radical (unpaired) electrons. The summed E-state index contributed by atoms with van der Waals surface area (Å²) in [5, 5.41) is 2.98. The number of amides is 1. The maximum absolute atomic E-state index is 11.8. The molecule has 0 aliphatic carbocycles. The Labute approximate surface area is 116 Å². The molecule has 0 aliphatic heterocycles. The molecule has 0 saturated carbocycles. The first kappa shape index (κ1) is 15.7. The Kier molecular flexibility index (Phi) is 5.55. The molecule has 0 aliphatic rings. The van der Waals surface area contributed by atoms with Crippen molar-refractivity contribution in [2.24, 2.45) is 5.73 Å². The smallest absolute Gasteiger partial charge is 0.220 e. The van der Waals surface area contributed by atoms with E-state index in [1.807, 2.05) is 26.8 Å². The van der Waals surface area contributed by atoms with Crippen molar-refractivity contribution in [3.63, 3.8) is 0 Å². The van der Waals surface area contributed by atoms with Gasteiger partial charge in [0.15, 0.2) is 0 Å². The predicted molar refractivity (Wildman–Crippen MR) is 80.1 cm³/mol. The van der Waals surface area contributed by atoms with Crippen molar-refractivity contribution < 1.29 is 4.79 Å². The van der Waals surface area contributed by atoms with Crippen LogP contribution in [0.3, 0.4) is 0 Å². The first-order valence-electron chi connectivity index (χ1n) is 6.89. The number of hydrogen-bond donors (Lipinski definition) is 2. The summed E-state index contributed by atoms with van der Waals surface area (Å²) in [7, 11) is 0. The highest BCUT2D eigenvalue weighted by molar-refractivity contribution is 5.76. The molecule has 0 saturated heterocycles. The number of carbonyl (C=O) groups excluding carboxylic acids is 1. The van der Waals surface area contributed by atoms with Crippen LogP contribution in [0, 0.1) is 6.92 Å². The van der Waals surface area contributed by atoms with E-state index < -0.39 is 0 Å². The van der Waals surface area contributed by atoms with Crippen molar-refractivity contribution in [1.82, 2.24) is 5.32 Å². The Morgan fingerprint density at radius 2 is 2.05 bits per heavy atom. The van der Waals surface area contributed by atoms with Gasteiger partial charge in [-0.1, -0.05) is 29.8 Å². The summed E-state index contributed by atoms with van der Waals surface area (Å²) in [6, 6.07) is 8.36. The molecule has 3 nitrogen and oxygen atoms in total. The SMILES string of the molecule is Cc1cccc(C(CN)CCC(=O)NC(C)(C)C)c1. The fourth-order valence-electron chi connectivity index (χ4n) is 2.13. The van der Waals surface area contributed by atoms with E-state index in [4.69, 9.17) is 5.73 Å². The first-order chi connectivity index (χ1) is 8.81. The number of nitrogens with two attached hydrogens (primary N) is 1. The maximum Gasteiger partial charge on any atom is 0.220 e. The zero-order valence-corrected chi connectivity index (χ0v) is 12.5. The lowest BCUT2D eigenvalue weighted by Gasteiger charge is -2.21. The van der Waals surface area contributed by atoms with E-state index in [2.05, 4.69) is 30.4 Å². The van der Waals surface area contributed by atoms with Crippen molar-refractivity contribution in [1.29, 1.82) is 0 Å². The van der Waals surface area contributed by atoms with Crippen LogP contribution in [0.15, 0.2) is 24.3 Å². The third kappa shape index (κ3) is 5.88. The van der Waals surface area contributed by atoms with E-state index in [1.165, 1.54) is 11.1 Å². The Bertz CT molecular complexity index is 421. The zero-order chi connectivity index (χ0) is 14.5. The van der Waals surface area contributed by atoms with Gasteiger partial charge in [-0.15, -0.1) is 0 Å². The molecule has 19 heavy (non-hydrogen) atoms. The van der Waals surface area contributed by atoms with E-state index in [0.29, 0.717) is 13.0 Å². The van der Waals surface area contributed by atoms with Crippen LogP contribution >= 0.6 is 0 Å². The van der Waals surface area contributed by atoms with Crippen molar-refractivity contribution >= 4 is 5.91 Å². The van der Waals surface area contributed by atoms with Gasteiger partial charge in [-0.25, -0.2) is 0 Å². The third-order valence-corrected chi connectivity index (χ3v) is 3.03. The molecule has 1 atom stereocenters. The lowest BCUT2D eigenvalue weighted by Crippen LogP contribution is -2.40. The second-order valence-corrected chi connectivity index (χ2v) is 6.18. The molecule has 0 fully saturated rings. The minimum atomic E-state index is -0.168. The number of carbonyl (C=O) groups is 1. The van der Waals surface area contributed by atoms with Crippen LogP contribution in [0.2, 0.25) is 0 Å². The van der Waals surface area contributed by atoms with Crippen LogP contribution in [0.25, 0.3) is 0 Å². The quantitative estimate of drug-likeness (QED) is 0.857. The molecule has 0 heterocycles. The summed E-state index contributed by atoms with van der Waals surface area (Å²) in [5.74, 6) is 0.351. The monoisotopic (exact) mass is 262 g/mol. The van der Waals surface area contributed by atoms with Crippen molar-refractivity contribution in [2.75, 3.05) is 6.54 Å². The zero-order valence-electron chi connectivity index (χ0n) is 12.5. The first-order valence-corrected chi connectivity index (χ1v) is 6.89. The Morgan fingerprint density at radius 3 is 2.58 bits per heavy atom. The van der Waals surface area contributed by atoms with Gasteiger partial charge in [0, 0.05) is 12.0 Å². The number of nitrogens with one attached hydrogen (secondary N) is 1. The summed E-state index contributed by atoms with van der Waals surface area (Å²) in [4.78, 5) is 11.8. The van der Waals surface area contributed by atoms with Gasteiger partial charge in [0.05, 0.1) is 0 Å². The van der Waals surface area contributed by atoms with Crippen LogP contribution in [0.4, 0.5) is 0 Å². The Balaban J connectivity index is 2.56. The van der Waals surface area contributed by atoms with Crippen LogP contribution in [-0.2, 0) is 4.79 Å². The molecule has 1 unspecified atom stereocenters. The van der Waals surface area contributed by atoms with Gasteiger partial charge in [0.2, 0.25) is 5.91 Å². The van der Waals surface area contributed by atoms with Gasteiger partial charge in [-0.3, -0.25) is 4.79 Å². The average Bonchev–Trinajstić information content (AvgIpc) is 2.27. The molecule has 0 spiro atoms. The summed E-state index contributed by atoms with van der Waals surface area (Å²) in [6.45, 7) is 8.62. The van der Waals surface area contributed by atoms with E-state index in [1.54, 1.807) is 0 Å². The number of benzene rings is 1. The molecule has 1 aromatic rings. The lowest BCUT2D eigenvalue weighted by atomic mass is 9.93. The number of rotatable bonds is 5. The van der Waals surface area contributed by atoms with Crippen LogP contribution in [0.5, 0.6) is 0 Å². The molecule has 3 heteroatoms. The average molecular weight is 262 g/mol. The minimum absolute atomic E-state index is 0.0959. The van der Waals surface area contributed by atoms with E-state index >= 15 is 0 Å². The molecular weight excluding hydrogens is 236 g/mol. The van der Waals surface area contributed by atoms with Gasteiger partial charge >= 0.3 is 0 Å². The Hall–Kier alpha value is -1.35. The van der Waals surface area contributed by atoms with Crippen molar-refractivity contribution in [3.8, 4) is 0 Å². The molecular formula is C16H26N2O. The summed E-state index contributed by atoms with van der Waals surface area (Å²) in [6.07, 6.45) is 1.31. The summed E-state index contributed by atoms with van der Waals surface area (Å²) in [5.41, 5.74) is 8.13. The molecule has 0 bridgehead atoms. The van der Waals surface area contributed by atoms with Crippen LogP contribution < -0.4 is 11.1 Å². The highest BCUT2D eigenvalue weighted by atomic mass is 16.1. The molecule has 1 aromatic carbocycles. The lowest BCUT2D eigenvalue weighted by molar-refractivity contribution is -0.122. The fraction of sp³-hybridized carbons (Fsp3) is 0.562. The van der Waals surface area contributed by atoms with Crippen molar-refractivity contribution in [3.05, 3.63) is 35.4 Å². The van der Waals surface area contributed by atoms with Gasteiger partial charge in [-0.05, 0) is 52.1 Å². The van der Waals surface area contributed by atoms with Gasteiger partial charge in [0.25, 0.3) is 0 Å². The van der Waals surface area contributed by atoms with Gasteiger partial charge in [-0.2, -0.15) is 0 Å². The standard InChI is InChI=1S/C16H26N2O/c1-12-6-5-7-13(10-12)14(11-17)8-9-15(19)18-16(2,3)4/h5-7,10,14H,8-9,11,17H2,1-4H3,(H,18,19). The highest BCUT2D eigenvalue weighted by Gasteiger charge is 2.16. The van der Waals surface area contributed by atoms with Gasteiger partial charge in [0.1, 0.15) is 0 Å². The maximum atomic E-state index is 11.8. The Morgan fingerprint density at radius 1 is 1.37 bits per heavy atom. The fourth-order valence-corrected chi connectivity index (χ4v) is 2.13. The number of aryl methyl sites for hydroxylation is 1. The number of hydrogen-bond acceptors (Lipinski definition) is 2. The second-order valence-electron chi connectivity index (χ2n) is 6.18. The van der Waals surface area contributed by atoms with Crippen molar-refractivity contribution in [2.45, 2.75) is 52.0 Å². The molecule has 0 aromatic heterocycles. The molecule has 1 amide bonds. The summed E-state index contributed by atoms with van der Waals surface area (Å²) < 4.78 is 0. The van der Waals surface area contributed by atoms with Gasteiger partial charge < -0.3 is 11.1 Å². The van der Waals surface area contributed by atoms with Crippen LogP contribution in [-0.4, -0.2) is 18.0 Å². The normalized spacial score (nSPS) is 13.1. The second kappa shape index (κ2) is 6.71. The third-order valence-electron chi connectivity index (χ3n) is 3.03. The highest BCUT2D eigenvalue weighted by Crippen LogP contribution is 2.21. The van der Waals surface area contributed by atoms with E-state index in [-0.39, 0.29) is 17.4 Å². The van der Waals surface area contributed by atoms with E-state index in [0.717, 1.165) is 6.42 Å².